The molecule has 4 rings (SSSR count). The van der Waals surface area contributed by atoms with Crippen LogP contribution in [0, 0.1) is 0 Å². The SMILES string of the molecule is CCOc1ccc(CN)c(-c2ccc(OCc3ccccc3)nc2OCc2ccccc2)c1. The molecule has 5 heteroatoms. The van der Waals surface area contributed by atoms with Gasteiger partial charge in [0.15, 0.2) is 0 Å². The van der Waals surface area contributed by atoms with E-state index in [0.29, 0.717) is 38.1 Å². The Hall–Kier alpha value is -3.83. The van der Waals surface area contributed by atoms with E-state index in [1.54, 1.807) is 0 Å². The summed E-state index contributed by atoms with van der Waals surface area (Å²) in [7, 11) is 0. The second-order valence-corrected chi connectivity index (χ2v) is 7.51. The minimum absolute atomic E-state index is 0.395. The predicted octanol–water partition coefficient (Wildman–Crippen LogP) is 5.76. The molecule has 0 fully saturated rings. The number of benzene rings is 3. The Morgan fingerprint density at radius 1 is 0.697 bits per heavy atom. The first-order chi connectivity index (χ1) is 16.3. The van der Waals surface area contributed by atoms with Gasteiger partial charge in [-0.2, -0.15) is 4.98 Å². The highest BCUT2D eigenvalue weighted by atomic mass is 16.5. The standard InChI is InChI=1S/C28H28N2O3/c1-2-31-24-14-13-23(18-29)26(17-24)25-15-16-27(32-19-21-9-5-3-6-10-21)30-28(25)33-20-22-11-7-4-8-12-22/h3-17H,2,18-20,29H2,1H3. The van der Waals surface area contributed by atoms with Crippen molar-refractivity contribution in [1.29, 1.82) is 0 Å². The first-order valence-electron chi connectivity index (χ1n) is 11.1. The minimum atomic E-state index is 0.395. The summed E-state index contributed by atoms with van der Waals surface area (Å²) in [5.74, 6) is 1.77. The number of nitrogens with two attached hydrogens (primary N) is 1. The number of rotatable bonds is 10. The Morgan fingerprint density at radius 2 is 1.36 bits per heavy atom. The van der Waals surface area contributed by atoms with Crippen LogP contribution < -0.4 is 19.9 Å². The average molecular weight is 441 g/mol. The zero-order valence-corrected chi connectivity index (χ0v) is 18.7. The summed E-state index contributed by atoms with van der Waals surface area (Å²) in [6, 6.07) is 29.8. The van der Waals surface area contributed by atoms with E-state index in [0.717, 1.165) is 33.6 Å². The summed E-state index contributed by atoms with van der Waals surface area (Å²) in [6.45, 7) is 3.77. The van der Waals surface area contributed by atoms with Gasteiger partial charge in [-0.05, 0) is 47.4 Å². The van der Waals surface area contributed by atoms with E-state index in [1.807, 2.05) is 97.9 Å². The van der Waals surface area contributed by atoms with Crippen molar-refractivity contribution in [3.05, 3.63) is 108 Å². The van der Waals surface area contributed by atoms with E-state index < -0.39 is 0 Å². The third kappa shape index (κ3) is 5.90. The molecule has 0 radical (unpaired) electrons. The van der Waals surface area contributed by atoms with Gasteiger partial charge < -0.3 is 19.9 Å². The molecule has 0 bridgehead atoms. The van der Waals surface area contributed by atoms with Crippen LogP contribution >= 0.6 is 0 Å². The molecule has 168 valence electrons. The summed E-state index contributed by atoms with van der Waals surface area (Å²) < 4.78 is 17.9. The number of hydrogen-bond acceptors (Lipinski definition) is 5. The number of pyridine rings is 1. The summed E-state index contributed by atoms with van der Waals surface area (Å²) in [6.07, 6.45) is 0. The lowest BCUT2D eigenvalue weighted by atomic mass is 10.00. The van der Waals surface area contributed by atoms with Crippen LogP contribution in [0.5, 0.6) is 17.5 Å². The molecule has 0 unspecified atom stereocenters. The van der Waals surface area contributed by atoms with Crippen LogP contribution in [0.15, 0.2) is 91.0 Å². The molecule has 2 N–H and O–H groups in total. The molecule has 0 aliphatic heterocycles. The summed E-state index contributed by atoms with van der Waals surface area (Å²) in [4.78, 5) is 4.70. The number of nitrogens with zero attached hydrogens (tertiary/aromatic N) is 1. The van der Waals surface area contributed by atoms with Crippen molar-refractivity contribution in [2.24, 2.45) is 5.73 Å². The highest BCUT2D eigenvalue weighted by molar-refractivity contribution is 5.73. The smallest absolute Gasteiger partial charge is 0.225 e. The van der Waals surface area contributed by atoms with Gasteiger partial charge in [-0.3, -0.25) is 0 Å². The lowest BCUT2D eigenvalue weighted by molar-refractivity contribution is 0.268. The molecule has 0 aliphatic carbocycles. The van der Waals surface area contributed by atoms with Crippen molar-refractivity contribution in [3.8, 4) is 28.6 Å². The van der Waals surface area contributed by atoms with Crippen molar-refractivity contribution in [2.45, 2.75) is 26.7 Å². The fraction of sp³-hybridized carbons (Fsp3) is 0.179. The maximum atomic E-state index is 6.20. The largest absolute Gasteiger partial charge is 0.494 e. The Kier molecular flexibility index (Phi) is 7.56. The van der Waals surface area contributed by atoms with Crippen molar-refractivity contribution < 1.29 is 14.2 Å². The van der Waals surface area contributed by atoms with Crippen molar-refractivity contribution in [1.82, 2.24) is 4.98 Å². The zero-order valence-electron chi connectivity index (χ0n) is 18.7. The molecule has 0 amide bonds. The van der Waals surface area contributed by atoms with Gasteiger partial charge in [0.05, 0.1) is 6.61 Å². The highest BCUT2D eigenvalue weighted by Crippen LogP contribution is 2.35. The molecule has 0 aliphatic rings. The zero-order chi connectivity index (χ0) is 22.9. The molecule has 0 saturated carbocycles. The average Bonchev–Trinajstić information content (AvgIpc) is 2.88. The molecule has 0 atom stereocenters. The van der Waals surface area contributed by atoms with Gasteiger partial charge in [-0.1, -0.05) is 66.7 Å². The third-order valence-corrected chi connectivity index (χ3v) is 5.19. The molecule has 1 heterocycles. The Bertz CT molecular complexity index is 1160. The van der Waals surface area contributed by atoms with E-state index in [-0.39, 0.29) is 0 Å². The molecule has 3 aromatic carbocycles. The lowest BCUT2D eigenvalue weighted by Crippen LogP contribution is -2.05. The predicted molar refractivity (Wildman–Crippen MR) is 130 cm³/mol. The van der Waals surface area contributed by atoms with Crippen LogP contribution in [0.3, 0.4) is 0 Å². The van der Waals surface area contributed by atoms with Gasteiger partial charge in [0, 0.05) is 18.2 Å². The van der Waals surface area contributed by atoms with Crippen LogP contribution in [0.2, 0.25) is 0 Å². The van der Waals surface area contributed by atoms with Crippen LogP contribution in [-0.4, -0.2) is 11.6 Å². The van der Waals surface area contributed by atoms with Crippen LogP contribution in [0.1, 0.15) is 23.6 Å². The van der Waals surface area contributed by atoms with Gasteiger partial charge in [-0.25, -0.2) is 0 Å². The second-order valence-electron chi connectivity index (χ2n) is 7.51. The van der Waals surface area contributed by atoms with Crippen molar-refractivity contribution in [3.63, 3.8) is 0 Å². The first-order valence-corrected chi connectivity index (χ1v) is 11.1. The van der Waals surface area contributed by atoms with Crippen LogP contribution in [0.25, 0.3) is 11.1 Å². The lowest BCUT2D eigenvalue weighted by Gasteiger charge is -2.16. The van der Waals surface area contributed by atoms with E-state index in [9.17, 15) is 0 Å². The van der Waals surface area contributed by atoms with Gasteiger partial charge in [-0.15, -0.1) is 0 Å². The third-order valence-electron chi connectivity index (χ3n) is 5.19. The maximum absolute atomic E-state index is 6.20. The van der Waals surface area contributed by atoms with Crippen molar-refractivity contribution in [2.75, 3.05) is 6.61 Å². The molecular weight excluding hydrogens is 412 g/mol. The Balaban J connectivity index is 1.67. The minimum Gasteiger partial charge on any atom is -0.494 e. The molecular formula is C28H28N2O3. The van der Waals surface area contributed by atoms with Gasteiger partial charge in [0.1, 0.15) is 19.0 Å². The molecule has 1 aromatic heterocycles. The maximum Gasteiger partial charge on any atom is 0.225 e. The van der Waals surface area contributed by atoms with E-state index in [2.05, 4.69) is 0 Å². The van der Waals surface area contributed by atoms with Gasteiger partial charge in [0.2, 0.25) is 11.8 Å². The van der Waals surface area contributed by atoms with E-state index in [1.165, 1.54) is 0 Å². The van der Waals surface area contributed by atoms with E-state index >= 15 is 0 Å². The summed E-state index contributed by atoms with van der Waals surface area (Å²) in [5, 5.41) is 0. The highest BCUT2D eigenvalue weighted by Gasteiger charge is 2.15. The number of ether oxygens (including phenoxy) is 3. The monoisotopic (exact) mass is 440 g/mol. The quantitative estimate of drug-likeness (QED) is 0.339. The number of aromatic nitrogens is 1. The molecule has 5 nitrogen and oxygen atoms in total. The second kappa shape index (κ2) is 11.2. The van der Waals surface area contributed by atoms with Crippen molar-refractivity contribution >= 4 is 0 Å². The molecule has 0 spiro atoms. The first kappa shape index (κ1) is 22.4. The summed E-state index contributed by atoms with van der Waals surface area (Å²) >= 11 is 0. The number of hydrogen-bond donors (Lipinski definition) is 1. The summed E-state index contributed by atoms with van der Waals surface area (Å²) in [5.41, 5.74) is 10.9. The fourth-order valence-electron chi connectivity index (χ4n) is 3.52. The molecule has 0 saturated heterocycles. The van der Waals surface area contributed by atoms with Gasteiger partial charge in [0.25, 0.3) is 0 Å². The topological polar surface area (TPSA) is 66.6 Å². The fourth-order valence-corrected chi connectivity index (χ4v) is 3.52. The van der Waals surface area contributed by atoms with Crippen LogP contribution in [0.4, 0.5) is 0 Å². The normalized spacial score (nSPS) is 10.6. The molecule has 4 aromatic rings. The molecule has 33 heavy (non-hydrogen) atoms. The van der Waals surface area contributed by atoms with Crippen LogP contribution in [-0.2, 0) is 19.8 Å². The Labute approximate surface area is 194 Å². The Morgan fingerprint density at radius 3 is 2.00 bits per heavy atom. The van der Waals surface area contributed by atoms with E-state index in [4.69, 9.17) is 24.9 Å². The van der Waals surface area contributed by atoms with Gasteiger partial charge >= 0.3 is 0 Å².